The minimum atomic E-state index is 0.245. The number of nitrogens with zero attached hydrogens (tertiary/aromatic N) is 5. The van der Waals surface area contributed by atoms with Crippen molar-refractivity contribution in [2.24, 2.45) is 9.98 Å². The summed E-state index contributed by atoms with van der Waals surface area (Å²) >= 11 is 0. The Kier molecular flexibility index (Phi) is 4.82. The maximum Gasteiger partial charge on any atom is 0.145 e. The number of hydrogen-bond acceptors (Lipinski definition) is 4. The highest BCUT2D eigenvalue weighted by Crippen LogP contribution is 2.25. The quantitative estimate of drug-likeness (QED) is 0.539. The minimum absolute atomic E-state index is 0.245. The summed E-state index contributed by atoms with van der Waals surface area (Å²) in [6.45, 7) is 3.45. The average Bonchev–Trinajstić information content (AvgIpc) is 3.06. The Morgan fingerprint density at radius 1 is 1.28 bits per heavy atom. The third-order valence-corrected chi connectivity index (χ3v) is 3.89. The molecule has 1 heterocycles. The van der Waals surface area contributed by atoms with Crippen molar-refractivity contribution in [3.63, 3.8) is 0 Å². The van der Waals surface area contributed by atoms with Crippen molar-refractivity contribution in [1.29, 1.82) is 5.26 Å². The molecule has 0 N–H and O–H groups in total. The van der Waals surface area contributed by atoms with Gasteiger partial charge in [0.05, 0.1) is 24.4 Å². The zero-order chi connectivity index (χ0) is 17.6. The summed E-state index contributed by atoms with van der Waals surface area (Å²) in [6.07, 6.45) is 5.28. The summed E-state index contributed by atoms with van der Waals surface area (Å²) in [7, 11) is 1.70. The van der Waals surface area contributed by atoms with Crippen LogP contribution in [0.25, 0.3) is 22.2 Å². The van der Waals surface area contributed by atoms with Crippen LogP contribution in [0.2, 0.25) is 0 Å². The predicted octanol–water partition coefficient (Wildman–Crippen LogP) is 3.86. The number of fused-ring (bicyclic) bond motifs is 1. The summed E-state index contributed by atoms with van der Waals surface area (Å²) in [5.41, 5.74) is 1.74. The molecule has 0 saturated heterocycles. The molecular formula is C20H17N5. The summed E-state index contributed by atoms with van der Waals surface area (Å²) in [5.74, 6) is 1.39. The maximum absolute atomic E-state index is 9.12. The number of nitriles is 1. The lowest BCUT2D eigenvalue weighted by atomic mass is 10.1. The lowest BCUT2D eigenvalue weighted by molar-refractivity contribution is 1.03. The second-order valence-electron chi connectivity index (χ2n) is 5.39. The lowest BCUT2D eigenvalue weighted by Gasteiger charge is -2.11. The van der Waals surface area contributed by atoms with Crippen LogP contribution in [0.1, 0.15) is 5.69 Å². The number of allylic oxidation sites excluding steroid dienone is 1. The van der Waals surface area contributed by atoms with Crippen LogP contribution < -0.4 is 0 Å². The van der Waals surface area contributed by atoms with Crippen LogP contribution in [0.3, 0.4) is 0 Å². The van der Waals surface area contributed by atoms with E-state index < -0.39 is 0 Å². The Balaban J connectivity index is 2.19. The van der Waals surface area contributed by atoms with E-state index in [0.717, 1.165) is 22.5 Å². The smallest absolute Gasteiger partial charge is 0.145 e. The number of aliphatic imine (C=N–C) groups is 2. The van der Waals surface area contributed by atoms with Crippen molar-refractivity contribution >= 4 is 23.3 Å². The van der Waals surface area contributed by atoms with E-state index in [4.69, 9.17) is 5.26 Å². The van der Waals surface area contributed by atoms with Crippen molar-refractivity contribution in [1.82, 2.24) is 9.55 Å². The topological polar surface area (TPSA) is 66.3 Å². The van der Waals surface area contributed by atoms with E-state index in [1.807, 2.05) is 22.8 Å². The second kappa shape index (κ2) is 7.37. The van der Waals surface area contributed by atoms with Crippen molar-refractivity contribution in [2.45, 2.75) is 6.42 Å². The normalized spacial score (nSPS) is 11.8. The molecule has 0 aliphatic heterocycles. The Morgan fingerprint density at radius 2 is 2.08 bits per heavy atom. The molecule has 0 aliphatic carbocycles. The summed E-state index contributed by atoms with van der Waals surface area (Å²) in [5, 5.41) is 11.4. The largest absolute Gasteiger partial charge is 0.280 e. The molecule has 25 heavy (non-hydrogen) atoms. The van der Waals surface area contributed by atoms with Crippen molar-refractivity contribution in [3.05, 3.63) is 66.6 Å². The molecule has 0 atom stereocenters. The van der Waals surface area contributed by atoms with Gasteiger partial charge in [0.2, 0.25) is 0 Å². The minimum Gasteiger partial charge on any atom is -0.280 e. The van der Waals surface area contributed by atoms with Gasteiger partial charge in [-0.2, -0.15) is 5.26 Å². The van der Waals surface area contributed by atoms with E-state index in [1.165, 1.54) is 5.39 Å². The Hall–Kier alpha value is -3.52. The van der Waals surface area contributed by atoms with Gasteiger partial charge in [-0.25, -0.2) is 4.98 Å². The molecule has 1 aromatic heterocycles. The van der Waals surface area contributed by atoms with Gasteiger partial charge >= 0.3 is 0 Å². The molecular weight excluding hydrogens is 310 g/mol. The van der Waals surface area contributed by atoms with E-state index in [9.17, 15) is 0 Å². The summed E-state index contributed by atoms with van der Waals surface area (Å²) in [4.78, 5) is 12.6. The van der Waals surface area contributed by atoms with Crippen molar-refractivity contribution < 1.29 is 0 Å². The van der Waals surface area contributed by atoms with Crippen LogP contribution >= 0.6 is 0 Å². The molecule has 5 heteroatoms. The first kappa shape index (κ1) is 16.3. The molecule has 0 amide bonds. The molecule has 122 valence electrons. The van der Waals surface area contributed by atoms with Crippen LogP contribution in [0, 0.1) is 11.3 Å². The standard InChI is InChI=1S/C20H17N5/c1-22-12-10-19(23-2)25-18(9-11-21)14-24-20(25)17-8-7-15-5-3-4-6-16(15)13-17/h3-8,10,12-14H,1,9H2,2H3/b12-10-,23-19?. The van der Waals surface area contributed by atoms with Gasteiger partial charge in [-0.15, -0.1) is 0 Å². The molecule has 0 radical (unpaired) electrons. The van der Waals surface area contributed by atoms with E-state index in [2.05, 4.69) is 52.0 Å². The Morgan fingerprint density at radius 3 is 2.80 bits per heavy atom. The first-order valence-electron chi connectivity index (χ1n) is 7.80. The van der Waals surface area contributed by atoms with Gasteiger partial charge in [0.1, 0.15) is 11.7 Å². The third kappa shape index (κ3) is 3.24. The van der Waals surface area contributed by atoms with Gasteiger partial charge in [-0.1, -0.05) is 36.4 Å². The molecule has 3 rings (SSSR count). The average molecular weight is 327 g/mol. The summed E-state index contributed by atoms with van der Waals surface area (Å²) < 4.78 is 1.88. The summed E-state index contributed by atoms with van der Waals surface area (Å²) in [6, 6.07) is 16.5. The van der Waals surface area contributed by atoms with E-state index in [-0.39, 0.29) is 6.42 Å². The molecule has 3 aromatic rings. The van der Waals surface area contributed by atoms with Crippen LogP contribution in [0.5, 0.6) is 0 Å². The zero-order valence-electron chi connectivity index (χ0n) is 13.9. The number of benzene rings is 2. The Bertz CT molecular complexity index is 1020. The van der Waals surface area contributed by atoms with Gasteiger partial charge in [-0.3, -0.25) is 14.6 Å². The number of rotatable bonds is 4. The fourth-order valence-electron chi connectivity index (χ4n) is 2.75. The first-order valence-corrected chi connectivity index (χ1v) is 7.80. The molecule has 0 fully saturated rings. The SMILES string of the molecule is C=N/C=C\C(=NC)n1c(CC#N)cnc1-c1ccc2ccccc2c1. The van der Waals surface area contributed by atoms with Crippen molar-refractivity contribution in [3.8, 4) is 17.5 Å². The molecule has 0 aliphatic rings. The number of imidazole rings is 1. The van der Waals surface area contributed by atoms with Gasteiger partial charge in [0.25, 0.3) is 0 Å². The second-order valence-corrected chi connectivity index (χ2v) is 5.39. The highest BCUT2D eigenvalue weighted by Gasteiger charge is 2.15. The first-order chi connectivity index (χ1) is 12.3. The third-order valence-electron chi connectivity index (χ3n) is 3.89. The van der Waals surface area contributed by atoms with E-state index >= 15 is 0 Å². The Labute approximate surface area is 146 Å². The van der Waals surface area contributed by atoms with Crippen LogP contribution in [-0.2, 0) is 6.42 Å². The monoisotopic (exact) mass is 327 g/mol. The fraction of sp³-hybridized carbons (Fsp3) is 0.100. The van der Waals surface area contributed by atoms with Gasteiger partial charge in [0, 0.05) is 18.8 Å². The fourth-order valence-corrected chi connectivity index (χ4v) is 2.75. The highest BCUT2D eigenvalue weighted by atomic mass is 15.1. The molecule has 5 nitrogen and oxygen atoms in total. The predicted molar refractivity (Wildman–Crippen MR) is 102 cm³/mol. The molecule has 0 unspecified atom stereocenters. The molecule has 0 spiro atoms. The van der Waals surface area contributed by atoms with Crippen LogP contribution in [0.4, 0.5) is 0 Å². The van der Waals surface area contributed by atoms with Gasteiger partial charge in [-0.05, 0) is 29.6 Å². The van der Waals surface area contributed by atoms with Crippen molar-refractivity contribution in [2.75, 3.05) is 7.05 Å². The van der Waals surface area contributed by atoms with E-state index in [0.29, 0.717) is 5.84 Å². The lowest BCUT2D eigenvalue weighted by Crippen LogP contribution is -2.14. The molecule has 0 bridgehead atoms. The highest BCUT2D eigenvalue weighted by molar-refractivity contribution is 5.98. The molecule has 0 saturated carbocycles. The van der Waals surface area contributed by atoms with Crippen LogP contribution in [-0.4, -0.2) is 29.2 Å². The van der Waals surface area contributed by atoms with Gasteiger partial charge in [0.15, 0.2) is 0 Å². The maximum atomic E-state index is 9.12. The van der Waals surface area contributed by atoms with Crippen LogP contribution in [0.15, 0.2) is 70.9 Å². The molecule has 2 aromatic carbocycles. The van der Waals surface area contributed by atoms with E-state index in [1.54, 1.807) is 25.5 Å². The number of hydrogen-bond donors (Lipinski definition) is 0. The number of aromatic nitrogens is 2. The zero-order valence-corrected chi connectivity index (χ0v) is 13.9. The van der Waals surface area contributed by atoms with Gasteiger partial charge < -0.3 is 0 Å².